The third-order valence-electron chi connectivity index (χ3n) is 2.79. The summed E-state index contributed by atoms with van der Waals surface area (Å²) in [5, 5.41) is 10.3. The van der Waals surface area contributed by atoms with Crippen LogP contribution >= 0.6 is 11.6 Å². The second kappa shape index (κ2) is 4.39. The van der Waals surface area contributed by atoms with Crippen molar-refractivity contribution in [3.63, 3.8) is 0 Å². The van der Waals surface area contributed by atoms with Crippen molar-refractivity contribution < 1.29 is 9.90 Å². The fraction of sp³-hybridized carbons (Fsp3) is 0.250. The monoisotopic (exact) mass is 252 g/mol. The number of carboxylic acid groups (broad SMARTS) is 1. The second-order valence-electron chi connectivity index (χ2n) is 4.10. The van der Waals surface area contributed by atoms with Crippen LogP contribution in [-0.4, -0.2) is 16.1 Å². The van der Waals surface area contributed by atoms with E-state index in [2.05, 4.69) is 4.98 Å². The van der Waals surface area contributed by atoms with Crippen LogP contribution in [-0.2, 0) is 4.79 Å². The zero-order valence-corrected chi connectivity index (χ0v) is 10.1. The third-order valence-corrected chi connectivity index (χ3v) is 3.09. The summed E-state index contributed by atoms with van der Waals surface area (Å²) in [6, 6.07) is 3.07. The Morgan fingerprint density at radius 1 is 1.59 bits per heavy atom. The van der Waals surface area contributed by atoms with Crippen LogP contribution in [0.5, 0.6) is 0 Å². The Hall–Kier alpha value is -1.52. The molecule has 1 atom stereocenters. The Balaban J connectivity index is 2.48. The molecule has 5 heteroatoms. The summed E-state index contributed by atoms with van der Waals surface area (Å²) < 4.78 is 0. The Kier molecular flexibility index (Phi) is 3.09. The number of aliphatic carboxylic acids is 1. The summed E-state index contributed by atoms with van der Waals surface area (Å²) >= 11 is 6.12. The minimum Gasteiger partial charge on any atom is -0.481 e. The van der Waals surface area contributed by atoms with Crippen LogP contribution in [0.1, 0.15) is 23.6 Å². The van der Waals surface area contributed by atoms with E-state index in [0.29, 0.717) is 5.02 Å². The van der Waals surface area contributed by atoms with E-state index in [9.17, 15) is 4.79 Å². The second-order valence-corrected chi connectivity index (χ2v) is 4.51. The van der Waals surface area contributed by atoms with Gasteiger partial charge in [0.1, 0.15) is 0 Å². The van der Waals surface area contributed by atoms with E-state index in [1.54, 1.807) is 6.07 Å². The minimum absolute atomic E-state index is 0.106. The highest BCUT2D eigenvalue weighted by Gasteiger charge is 2.14. The van der Waals surface area contributed by atoms with Gasteiger partial charge in [-0.2, -0.15) is 0 Å². The van der Waals surface area contributed by atoms with Gasteiger partial charge in [0.15, 0.2) is 0 Å². The first-order valence-corrected chi connectivity index (χ1v) is 5.61. The molecule has 2 rings (SSSR count). The molecule has 0 amide bonds. The molecule has 0 aliphatic carbocycles. The Morgan fingerprint density at radius 3 is 2.94 bits per heavy atom. The van der Waals surface area contributed by atoms with Crippen LogP contribution in [0.2, 0.25) is 5.02 Å². The number of aromatic nitrogens is 1. The van der Waals surface area contributed by atoms with Crippen molar-refractivity contribution in [3.8, 4) is 0 Å². The number of nitrogens with two attached hydrogens (primary N) is 1. The summed E-state index contributed by atoms with van der Waals surface area (Å²) in [4.78, 5) is 13.7. The molecule has 0 spiro atoms. The lowest BCUT2D eigenvalue weighted by molar-refractivity contribution is -0.137. The van der Waals surface area contributed by atoms with Crippen molar-refractivity contribution >= 4 is 28.5 Å². The predicted octanol–water partition coefficient (Wildman–Crippen LogP) is 2.60. The number of rotatable bonds is 3. The fourth-order valence-corrected chi connectivity index (χ4v) is 2.15. The Bertz CT molecular complexity index is 577. The van der Waals surface area contributed by atoms with E-state index >= 15 is 0 Å². The summed E-state index contributed by atoms with van der Waals surface area (Å²) in [7, 11) is 0. The maximum absolute atomic E-state index is 10.6. The molecule has 0 radical (unpaired) electrons. The van der Waals surface area contributed by atoms with Crippen molar-refractivity contribution in [2.45, 2.75) is 19.4 Å². The number of aromatic amines is 1. The van der Waals surface area contributed by atoms with E-state index in [1.165, 1.54) is 0 Å². The molecule has 17 heavy (non-hydrogen) atoms. The highest BCUT2D eigenvalue weighted by atomic mass is 35.5. The normalized spacial score (nSPS) is 12.9. The van der Waals surface area contributed by atoms with Crippen molar-refractivity contribution in [1.29, 1.82) is 0 Å². The van der Waals surface area contributed by atoms with Gasteiger partial charge in [-0.05, 0) is 30.2 Å². The number of aryl methyl sites for hydroxylation is 1. The molecule has 2 aromatic rings. The summed E-state index contributed by atoms with van der Waals surface area (Å²) in [5.41, 5.74) is 8.49. The van der Waals surface area contributed by atoms with E-state index in [1.807, 2.05) is 19.2 Å². The van der Waals surface area contributed by atoms with Gasteiger partial charge < -0.3 is 15.8 Å². The molecule has 90 valence electrons. The topological polar surface area (TPSA) is 79.1 Å². The van der Waals surface area contributed by atoms with Gasteiger partial charge in [0, 0.05) is 17.6 Å². The molecule has 0 bridgehead atoms. The van der Waals surface area contributed by atoms with E-state index < -0.39 is 12.0 Å². The highest BCUT2D eigenvalue weighted by molar-refractivity contribution is 6.35. The summed E-state index contributed by atoms with van der Waals surface area (Å²) in [6.07, 6.45) is 1.76. The van der Waals surface area contributed by atoms with Gasteiger partial charge in [-0.3, -0.25) is 4.79 Å². The molecular weight excluding hydrogens is 240 g/mol. The molecule has 0 fully saturated rings. The lowest BCUT2D eigenvalue weighted by atomic mass is 10.0. The molecule has 0 aliphatic rings. The zero-order chi connectivity index (χ0) is 12.6. The standard InChI is InChI=1S/C12H13ClN2O2/c1-6-5-15-12-8(6)2-7(3-9(12)13)10(14)4-11(16)17/h2-3,5,10,15H,4,14H2,1H3,(H,16,17). The first-order chi connectivity index (χ1) is 7.99. The number of carboxylic acids is 1. The molecular formula is C12H13ClN2O2. The summed E-state index contributed by atoms with van der Waals surface area (Å²) in [6.45, 7) is 1.96. The highest BCUT2D eigenvalue weighted by Crippen LogP contribution is 2.29. The average Bonchev–Trinajstić information content (AvgIpc) is 2.60. The maximum Gasteiger partial charge on any atom is 0.305 e. The van der Waals surface area contributed by atoms with Gasteiger partial charge in [0.2, 0.25) is 0 Å². The number of nitrogens with one attached hydrogen (secondary N) is 1. The van der Waals surface area contributed by atoms with Gasteiger partial charge in [-0.15, -0.1) is 0 Å². The zero-order valence-electron chi connectivity index (χ0n) is 9.33. The number of carbonyl (C=O) groups is 1. The third kappa shape index (κ3) is 2.28. The van der Waals surface area contributed by atoms with Gasteiger partial charge in [0.25, 0.3) is 0 Å². The van der Waals surface area contributed by atoms with E-state index in [4.69, 9.17) is 22.4 Å². The van der Waals surface area contributed by atoms with Gasteiger partial charge in [-0.25, -0.2) is 0 Å². The number of hydrogen-bond donors (Lipinski definition) is 3. The first kappa shape index (κ1) is 12.0. The average molecular weight is 253 g/mol. The van der Waals surface area contributed by atoms with Crippen LogP contribution in [0.15, 0.2) is 18.3 Å². The van der Waals surface area contributed by atoms with Crippen LogP contribution in [0.3, 0.4) is 0 Å². The minimum atomic E-state index is -0.917. The number of fused-ring (bicyclic) bond motifs is 1. The number of benzene rings is 1. The lowest BCUT2D eigenvalue weighted by Gasteiger charge is -2.10. The molecule has 1 aromatic carbocycles. The van der Waals surface area contributed by atoms with Crippen LogP contribution < -0.4 is 5.73 Å². The van der Waals surface area contributed by atoms with Crippen LogP contribution in [0.25, 0.3) is 10.9 Å². The van der Waals surface area contributed by atoms with Crippen molar-refractivity contribution in [2.75, 3.05) is 0 Å². The quantitative estimate of drug-likeness (QED) is 0.786. The molecule has 1 aromatic heterocycles. The first-order valence-electron chi connectivity index (χ1n) is 5.23. The predicted molar refractivity (Wildman–Crippen MR) is 67.2 cm³/mol. The molecule has 0 saturated heterocycles. The van der Waals surface area contributed by atoms with E-state index in [-0.39, 0.29) is 6.42 Å². The van der Waals surface area contributed by atoms with Crippen molar-refractivity contribution in [3.05, 3.63) is 34.5 Å². The Morgan fingerprint density at radius 2 is 2.29 bits per heavy atom. The van der Waals surface area contributed by atoms with Crippen LogP contribution in [0.4, 0.5) is 0 Å². The fourth-order valence-electron chi connectivity index (χ4n) is 1.86. The molecule has 0 saturated carbocycles. The Labute approximate surface area is 103 Å². The molecule has 4 nitrogen and oxygen atoms in total. The number of hydrogen-bond acceptors (Lipinski definition) is 2. The van der Waals surface area contributed by atoms with Gasteiger partial charge >= 0.3 is 5.97 Å². The van der Waals surface area contributed by atoms with Crippen molar-refractivity contribution in [2.24, 2.45) is 5.73 Å². The van der Waals surface area contributed by atoms with Crippen molar-refractivity contribution in [1.82, 2.24) is 4.98 Å². The molecule has 1 unspecified atom stereocenters. The number of H-pyrrole nitrogens is 1. The summed E-state index contributed by atoms with van der Waals surface area (Å²) in [5.74, 6) is -0.917. The van der Waals surface area contributed by atoms with Gasteiger partial charge in [0.05, 0.1) is 17.0 Å². The van der Waals surface area contributed by atoms with Crippen LogP contribution in [0, 0.1) is 6.92 Å². The largest absolute Gasteiger partial charge is 0.481 e. The number of halogens is 1. The SMILES string of the molecule is Cc1c[nH]c2c(Cl)cc(C(N)CC(=O)O)cc12. The smallest absolute Gasteiger partial charge is 0.305 e. The molecule has 1 heterocycles. The lowest BCUT2D eigenvalue weighted by Crippen LogP contribution is -2.14. The van der Waals surface area contributed by atoms with E-state index in [0.717, 1.165) is 22.0 Å². The molecule has 0 aliphatic heterocycles. The van der Waals surface area contributed by atoms with Gasteiger partial charge in [-0.1, -0.05) is 11.6 Å². The molecule has 4 N–H and O–H groups in total. The maximum atomic E-state index is 10.6.